The molecule has 7 rings (SSSR count). The predicted molar refractivity (Wildman–Crippen MR) is 137 cm³/mol. The van der Waals surface area contributed by atoms with Crippen LogP contribution in [0.25, 0.3) is 42.1 Å². The summed E-state index contributed by atoms with van der Waals surface area (Å²) in [5.41, 5.74) is 6.97. The first-order chi connectivity index (χ1) is 15.3. The summed E-state index contributed by atoms with van der Waals surface area (Å²) in [5, 5.41) is 5.33. The van der Waals surface area contributed by atoms with Crippen molar-refractivity contribution in [3.8, 4) is 11.1 Å². The maximum atomic E-state index is 3.93. The Morgan fingerprint density at radius 1 is 0.645 bits per heavy atom. The topological polar surface area (TPSA) is 0 Å². The average Bonchev–Trinajstić information content (AvgIpc) is 3.35. The molecule has 146 valence electrons. The Morgan fingerprint density at radius 2 is 1.35 bits per heavy atom. The van der Waals surface area contributed by atoms with Crippen LogP contribution in [0.4, 0.5) is 0 Å². The number of thiophene rings is 1. The highest BCUT2D eigenvalue weighted by molar-refractivity contribution is 9.10. The molecule has 0 nitrogen and oxygen atoms in total. The summed E-state index contributed by atoms with van der Waals surface area (Å²) in [6.07, 6.45) is 0. The lowest BCUT2D eigenvalue weighted by molar-refractivity contribution is 1.04. The van der Waals surface area contributed by atoms with Crippen LogP contribution in [-0.4, -0.2) is 0 Å². The first-order valence-electron chi connectivity index (χ1n) is 10.5. The minimum absolute atomic E-state index is 0.237. The van der Waals surface area contributed by atoms with Crippen molar-refractivity contribution >= 4 is 58.2 Å². The van der Waals surface area contributed by atoms with Gasteiger partial charge in [0.25, 0.3) is 0 Å². The van der Waals surface area contributed by atoms with Gasteiger partial charge in [-0.05, 0) is 50.7 Å². The molecule has 0 aliphatic heterocycles. The Bertz CT molecular complexity index is 1650. The molecule has 0 bridgehead atoms. The Kier molecular flexibility index (Phi) is 3.73. The molecule has 2 heteroatoms. The molecule has 1 aromatic heterocycles. The van der Waals surface area contributed by atoms with Crippen molar-refractivity contribution in [1.29, 1.82) is 0 Å². The molecule has 6 aromatic rings. The largest absolute Gasteiger partial charge is 0.135 e. The monoisotopic (exact) mass is 476 g/mol. The van der Waals surface area contributed by atoms with Crippen LogP contribution < -0.4 is 0 Å². The molecular formula is C29H17BrS. The van der Waals surface area contributed by atoms with Crippen LogP contribution >= 0.6 is 27.3 Å². The van der Waals surface area contributed by atoms with E-state index >= 15 is 0 Å². The second-order valence-electron chi connectivity index (χ2n) is 8.21. The molecule has 0 amide bonds. The molecule has 1 aliphatic carbocycles. The Labute approximate surface area is 192 Å². The standard InChI is InChI=1S/C29H17BrS/c30-24-16-23-19-11-3-4-12-21(19)26(20-14-7-9-17-8-1-2-10-18(17)20)28(23)29-27(24)22-13-5-6-15-25(22)31-29/h1-16,26H. The van der Waals surface area contributed by atoms with Gasteiger partial charge in [0.1, 0.15) is 0 Å². The molecule has 31 heavy (non-hydrogen) atoms. The van der Waals surface area contributed by atoms with Gasteiger partial charge < -0.3 is 0 Å². The number of benzene rings is 5. The molecule has 0 saturated heterocycles. The van der Waals surface area contributed by atoms with Gasteiger partial charge in [-0.3, -0.25) is 0 Å². The first-order valence-corrected chi connectivity index (χ1v) is 12.1. The van der Waals surface area contributed by atoms with Gasteiger partial charge in [-0.2, -0.15) is 0 Å². The van der Waals surface area contributed by atoms with E-state index in [2.05, 4.69) is 113 Å². The van der Waals surface area contributed by atoms with Crippen LogP contribution in [0.1, 0.15) is 22.6 Å². The molecule has 1 unspecified atom stereocenters. The van der Waals surface area contributed by atoms with E-state index in [1.165, 1.54) is 63.2 Å². The van der Waals surface area contributed by atoms with Crippen molar-refractivity contribution in [2.24, 2.45) is 0 Å². The highest BCUT2D eigenvalue weighted by atomic mass is 79.9. The molecular weight excluding hydrogens is 460 g/mol. The molecule has 0 radical (unpaired) electrons. The molecule has 1 heterocycles. The maximum Gasteiger partial charge on any atom is 0.0414 e. The fourth-order valence-corrected chi connectivity index (χ4v) is 7.43. The summed E-state index contributed by atoms with van der Waals surface area (Å²) in [5.74, 6) is 0.237. The van der Waals surface area contributed by atoms with Crippen LogP contribution in [0.3, 0.4) is 0 Å². The number of hydrogen-bond acceptors (Lipinski definition) is 1. The van der Waals surface area contributed by atoms with E-state index in [0.717, 1.165) is 0 Å². The zero-order valence-electron chi connectivity index (χ0n) is 16.6. The molecule has 0 fully saturated rings. The summed E-state index contributed by atoms with van der Waals surface area (Å²) >= 11 is 5.85. The van der Waals surface area contributed by atoms with Gasteiger partial charge in [-0.15, -0.1) is 11.3 Å². The van der Waals surface area contributed by atoms with E-state index in [-0.39, 0.29) is 5.92 Å². The molecule has 0 saturated carbocycles. The van der Waals surface area contributed by atoms with Crippen molar-refractivity contribution < 1.29 is 0 Å². The van der Waals surface area contributed by atoms with Gasteiger partial charge in [0.2, 0.25) is 0 Å². The summed E-state index contributed by atoms with van der Waals surface area (Å²) < 4.78 is 3.94. The SMILES string of the molecule is Brc1cc2c(c3sc4ccccc4c13)C(c1cccc3ccccc13)c1ccccc1-2. The third-order valence-corrected chi connectivity index (χ3v) is 8.45. The van der Waals surface area contributed by atoms with Gasteiger partial charge in [0.15, 0.2) is 0 Å². The van der Waals surface area contributed by atoms with Crippen LogP contribution in [0, 0.1) is 0 Å². The van der Waals surface area contributed by atoms with Crippen molar-refractivity contribution in [3.63, 3.8) is 0 Å². The van der Waals surface area contributed by atoms with Gasteiger partial charge in [-0.25, -0.2) is 0 Å². The maximum absolute atomic E-state index is 3.93. The summed E-state index contributed by atoms with van der Waals surface area (Å²) in [6.45, 7) is 0. The fourth-order valence-electron chi connectivity index (χ4n) is 5.36. The van der Waals surface area contributed by atoms with Gasteiger partial charge in [-0.1, -0.05) is 101 Å². The fraction of sp³-hybridized carbons (Fsp3) is 0.0345. The molecule has 1 aliphatic rings. The van der Waals surface area contributed by atoms with Gasteiger partial charge in [0, 0.05) is 30.6 Å². The van der Waals surface area contributed by atoms with E-state index in [1.54, 1.807) is 0 Å². The van der Waals surface area contributed by atoms with Crippen LogP contribution in [0.15, 0.2) is 102 Å². The highest BCUT2D eigenvalue weighted by Crippen LogP contribution is 2.55. The lowest BCUT2D eigenvalue weighted by Crippen LogP contribution is -2.00. The van der Waals surface area contributed by atoms with Gasteiger partial charge in [0.05, 0.1) is 0 Å². The molecule has 5 aromatic carbocycles. The minimum Gasteiger partial charge on any atom is -0.135 e. The number of hydrogen-bond donors (Lipinski definition) is 0. The summed E-state index contributed by atoms with van der Waals surface area (Å²) in [4.78, 5) is 0. The van der Waals surface area contributed by atoms with E-state index in [0.29, 0.717) is 0 Å². The van der Waals surface area contributed by atoms with E-state index in [9.17, 15) is 0 Å². The molecule has 0 N–H and O–H groups in total. The third-order valence-electron chi connectivity index (χ3n) is 6.63. The Balaban J connectivity index is 1.66. The third kappa shape index (κ3) is 2.40. The average molecular weight is 477 g/mol. The minimum atomic E-state index is 0.237. The van der Waals surface area contributed by atoms with E-state index in [4.69, 9.17) is 0 Å². The smallest absolute Gasteiger partial charge is 0.0414 e. The summed E-state index contributed by atoms with van der Waals surface area (Å²) in [6, 6.07) is 35.6. The second kappa shape index (κ2) is 6.53. The lowest BCUT2D eigenvalue weighted by Gasteiger charge is -2.18. The zero-order valence-corrected chi connectivity index (χ0v) is 19.0. The van der Waals surface area contributed by atoms with Crippen molar-refractivity contribution in [3.05, 3.63) is 118 Å². The zero-order chi connectivity index (χ0) is 20.5. The van der Waals surface area contributed by atoms with Crippen LogP contribution in [0.5, 0.6) is 0 Å². The molecule has 1 atom stereocenters. The lowest BCUT2D eigenvalue weighted by atomic mass is 9.86. The number of fused-ring (bicyclic) bond motifs is 8. The highest BCUT2D eigenvalue weighted by Gasteiger charge is 2.34. The Morgan fingerprint density at radius 3 is 2.29 bits per heavy atom. The normalized spacial score (nSPS) is 14.9. The number of rotatable bonds is 1. The first kappa shape index (κ1) is 17.7. The predicted octanol–water partition coefficient (Wildman–Crippen LogP) is 9.13. The van der Waals surface area contributed by atoms with E-state index < -0.39 is 0 Å². The summed E-state index contributed by atoms with van der Waals surface area (Å²) in [7, 11) is 0. The van der Waals surface area contributed by atoms with Gasteiger partial charge >= 0.3 is 0 Å². The van der Waals surface area contributed by atoms with Crippen LogP contribution in [-0.2, 0) is 0 Å². The molecule has 0 spiro atoms. The van der Waals surface area contributed by atoms with Crippen molar-refractivity contribution in [2.75, 3.05) is 0 Å². The second-order valence-corrected chi connectivity index (χ2v) is 10.1. The Hall–Kier alpha value is -2.94. The van der Waals surface area contributed by atoms with E-state index in [1.807, 2.05) is 11.3 Å². The van der Waals surface area contributed by atoms with Crippen LogP contribution in [0.2, 0.25) is 0 Å². The number of halogens is 1. The van der Waals surface area contributed by atoms with Crippen molar-refractivity contribution in [2.45, 2.75) is 5.92 Å². The quantitative estimate of drug-likeness (QED) is 0.221. The van der Waals surface area contributed by atoms with Crippen molar-refractivity contribution in [1.82, 2.24) is 0 Å².